The molecule has 0 bridgehead atoms. The maximum atomic E-state index is 8.06. The van der Waals surface area contributed by atoms with E-state index < -0.39 is 16.2 Å². The molecule has 0 aromatic carbocycles. The number of rotatable bonds is 0. The Kier molecular flexibility index (Phi) is 10.8. The second-order valence-electron chi connectivity index (χ2n) is 2.83. The standard InChI is InChI=1S/C3H8O.3CH3.Ga/c1-3(2)4;;;;/h3-4H,1-2H3;3*1H3;. The van der Waals surface area contributed by atoms with E-state index in [2.05, 4.69) is 16.4 Å². The first-order valence-corrected chi connectivity index (χ1v) is 10.4. The number of hydrogen-bond donors (Lipinski definition) is 1. The minimum absolute atomic E-state index is 0.167. The van der Waals surface area contributed by atoms with Crippen LogP contribution in [0.4, 0.5) is 0 Å². The van der Waals surface area contributed by atoms with Gasteiger partial charge in [-0.15, -0.1) is 0 Å². The Bertz CT molecular complexity index is 24.0. The molecule has 0 aromatic rings. The molecule has 0 unspecified atom stereocenters. The molecule has 0 fully saturated rings. The van der Waals surface area contributed by atoms with Crippen LogP contribution >= 0.6 is 0 Å². The van der Waals surface area contributed by atoms with E-state index in [1.54, 1.807) is 13.8 Å². The number of aliphatic hydroxyl groups excluding tert-OH is 1. The van der Waals surface area contributed by atoms with E-state index in [0.29, 0.717) is 0 Å². The van der Waals surface area contributed by atoms with E-state index in [1.165, 1.54) is 0 Å². The summed E-state index contributed by atoms with van der Waals surface area (Å²) in [5.74, 6) is 0. The van der Waals surface area contributed by atoms with Crippen molar-refractivity contribution in [3.8, 4) is 0 Å². The summed E-state index contributed by atoms with van der Waals surface area (Å²) >= 11 is -0.479. The Morgan fingerprint density at radius 1 is 1.12 bits per heavy atom. The molecule has 0 saturated carbocycles. The van der Waals surface area contributed by atoms with Gasteiger partial charge in [-0.1, -0.05) is 0 Å². The molecular formula is C6H17GaO. The first kappa shape index (κ1) is 11.4. The summed E-state index contributed by atoms with van der Waals surface area (Å²) in [5, 5.41) is 8.06. The molecule has 0 spiro atoms. The first-order chi connectivity index (χ1) is 3.46. The van der Waals surface area contributed by atoms with E-state index in [0.717, 1.165) is 0 Å². The van der Waals surface area contributed by atoms with Gasteiger partial charge in [0.25, 0.3) is 0 Å². The molecule has 0 aromatic heterocycles. The monoisotopic (exact) mass is 174 g/mol. The van der Waals surface area contributed by atoms with Gasteiger partial charge in [-0.2, -0.15) is 0 Å². The van der Waals surface area contributed by atoms with Crippen LogP contribution in [0.15, 0.2) is 0 Å². The third kappa shape index (κ3) is 581. The summed E-state index contributed by atoms with van der Waals surface area (Å²) in [4.78, 5) is 0. The molecule has 0 rings (SSSR count). The van der Waals surface area contributed by atoms with Crippen molar-refractivity contribution in [3.63, 3.8) is 0 Å². The van der Waals surface area contributed by atoms with Gasteiger partial charge in [0, 0.05) is 6.10 Å². The summed E-state index contributed by atoms with van der Waals surface area (Å²) in [6.07, 6.45) is -0.167. The summed E-state index contributed by atoms with van der Waals surface area (Å²) in [6, 6.07) is 0. The fraction of sp³-hybridized carbons (Fsp3) is 1.00. The SMILES string of the molecule is CC(C)O.[CH3][Ga]([CH3])[CH3]. The van der Waals surface area contributed by atoms with Crippen LogP contribution in [0.1, 0.15) is 13.8 Å². The van der Waals surface area contributed by atoms with Gasteiger partial charge < -0.3 is 5.11 Å². The van der Waals surface area contributed by atoms with E-state index in [1.807, 2.05) is 0 Å². The Morgan fingerprint density at radius 2 is 1.12 bits per heavy atom. The molecule has 0 heterocycles. The van der Waals surface area contributed by atoms with Crippen molar-refractivity contribution in [2.75, 3.05) is 0 Å². The molecule has 1 N–H and O–H groups in total. The minimum atomic E-state index is -0.479. The predicted octanol–water partition coefficient (Wildman–Crippen LogP) is 1.76. The van der Waals surface area contributed by atoms with Gasteiger partial charge in [0.1, 0.15) is 0 Å². The summed E-state index contributed by atoms with van der Waals surface area (Å²) in [7, 11) is 0. The van der Waals surface area contributed by atoms with E-state index in [-0.39, 0.29) is 6.10 Å². The van der Waals surface area contributed by atoms with Crippen molar-refractivity contribution in [3.05, 3.63) is 0 Å². The maximum absolute atomic E-state index is 8.06. The molecular weight excluding hydrogens is 158 g/mol. The quantitative estimate of drug-likeness (QED) is 0.556. The van der Waals surface area contributed by atoms with Crippen molar-refractivity contribution < 1.29 is 5.11 Å². The molecule has 0 atom stereocenters. The van der Waals surface area contributed by atoms with Gasteiger partial charge in [-0.25, -0.2) is 0 Å². The average molecular weight is 175 g/mol. The van der Waals surface area contributed by atoms with Gasteiger partial charge in [0.05, 0.1) is 0 Å². The van der Waals surface area contributed by atoms with E-state index in [4.69, 9.17) is 5.11 Å². The van der Waals surface area contributed by atoms with Gasteiger partial charge in [-0.05, 0) is 13.8 Å². The molecule has 0 amide bonds. The molecule has 2 heteroatoms. The topological polar surface area (TPSA) is 20.2 Å². The van der Waals surface area contributed by atoms with Crippen LogP contribution in [0.2, 0.25) is 16.4 Å². The van der Waals surface area contributed by atoms with Crippen LogP contribution in [0.25, 0.3) is 0 Å². The zero-order valence-corrected chi connectivity index (χ0v) is 9.02. The average Bonchev–Trinajstić information content (AvgIpc) is 1.25. The Hall–Kier alpha value is 0.596. The van der Waals surface area contributed by atoms with Gasteiger partial charge >= 0.3 is 32.7 Å². The van der Waals surface area contributed by atoms with Crippen LogP contribution in [-0.4, -0.2) is 27.4 Å². The summed E-state index contributed by atoms with van der Waals surface area (Å²) in [6.45, 7) is 3.44. The second-order valence-corrected chi connectivity index (χ2v) is 10.1. The first-order valence-electron chi connectivity index (χ1n) is 3.14. The van der Waals surface area contributed by atoms with Gasteiger partial charge in [-0.3, -0.25) is 0 Å². The Morgan fingerprint density at radius 3 is 1.12 bits per heavy atom. The summed E-state index contributed by atoms with van der Waals surface area (Å²) in [5.41, 5.74) is 7.06. The summed E-state index contributed by atoms with van der Waals surface area (Å²) < 4.78 is 0. The van der Waals surface area contributed by atoms with Crippen molar-refractivity contribution in [2.24, 2.45) is 0 Å². The second kappa shape index (κ2) is 7.60. The number of hydrogen-bond acceptors (Lipinski definition) is 1. The molecule has 0 aliphatic heterocycles. The number of aliphatic hydroxyl groups is 1. The van der Waals surface area contributed by atoms with Crippen LogP contribution in [0.5, 0.6) is 0 Å². The van der Waals surface area contributed by atoms with E-state index >= 15 is 0 Å². The zero-order valence-electron chi connectivity index (χ0n) is 6.60. The normalized spacial score (nSPS) is 7.88. The Labute approximate surface area is 58.1 Å². The third-order valence-corrected chi connectivity index (χ3v) is 0. The fourth-order valence-corrected chi connectivity index (χ4v) is 0. The van der Waals surface area contributed by atoms with Crippen molar-refractivity contribution in [2.45, 2.75) is 36.4 Å². The zero-order chi connectivity index (χ0) is 7.15. The fourth-order valence-electron chi connectivity index (χ4n) is 0. The van der Waals surface area contributed by atoms with E-state index in [9.17, 15) is 0 Å². The van der Waals surface area contributed by atoms with Crippen molar-refractivity contribution >= 4 is 16.2 Å². The molecule has 1 nitrogen and oxygen atoms in total. The van der Waals surface area contributed by atoms with Crippen molar-refractivity contribution in [1.82, 2.24) is 0 Å². The third-order valence-electron chi connectivity index (χ3n) is 0. The van der Waals surface area contributed by atoms with Crippen LogP contribution in [0, 0.1) is 0 Å². The predicted molar refractivity (Wildman–Crippen MR) is 40.7 cm³/mol. The molecule has 0 radical (unpaired) electrons. The van der Waals surface area contributed by atoms with Crippen molar-refractivity contribution in [1.29, 1.82) is 0 Å². The molecule has 0 aliphatic rings. The molecule has 50 valence electrons. The van der Waals surface area contributed by atoms with Crippen LogP contribution in [0.3, 0.4) is 0 Å². The van der Waals surface area contributed by atoms with Crippen LogP contribution in [-0.2, 0) is 0 Å². The van der Waals surface area contributed by atoms with Gasteiger partial charge in [0.15, 0.2) is 0 Å². The molecule has 0 saturated heterocycles. The van der Waals surface area contributed by atoms with Crippen LogP contribution < -0.4 is 0 Å². The van der Waals surface area contributed by atoms with Gasteiger partial charge in [0.2, 0.25) is 0 Å². The molecule has 0 aliphatic carbocycles. The molecule has 8 heavy (non-hydrogen) atoms. The Balaban J connectivity index is 0.